The Bertz CT molecular complexity index is 2010. The fraction of sp³-hybridized carbons (Fsp3) is 0.288. The zero-order chi connectivity index (χ0) is 38.0. The van der Waals surface area contributed by atoms with Crippen LogP contribution in [0.1, 0.15) is 103 Å². The van der Waals surface area contributed by atoms with Crippen LogP contribution in [-0.4, -0.2) is 5.54 Å². The summed E-state index contributed by atoms with van der Waals surface area (Å²) in [6, 6.07) is 57.2. The molecule has 1 heterocycles. The third-order valence-corrected chi connectivity index (χ3v) is 11.9. The number of para-hydroxylation sites is 1. The van der Waals surface area contributed by atoms with E-state index in [-0.39, 0.29) is 11.0 Å². The summed E-state index contributed by atoms with van der Waals surface area (Å²) in [6.45, 7) is 19.1. The Balaban J connectivity index is 1.34. The highest BCUT2D eigenvalue weighted by atomic mass is 15.3. The molecule has 1 radical (unpaired) electrons. The Hall–Kier alpha value is -5.08. The van der Waals surface area contributed by atoms with Crippen LogP contribution in [0.2, 0.25) is 0 Å². The molecule has 2 heteroatoms. The Labute approximate surface area is 325 Å². The highest BCUT2D eigenvalue weighted by molar-refractivity contribution is 5.80. The Morgan fingerprint density at radius 2 is 0.852 bits per heavy atom. The molecule has 54 heavy (non-hydrogen) atoms. The van der Waals surface area contributed by atoms with Gasteiger partial charge in [0, 0.05) is 33.7 Å². The molecule has 6 aromatic rings. The predicted octanol–water partition coefficient (Wildman–Crippen LogP) is 15.1. The van der Waals surface area contributed by atoms with Gasteiger partial charge in [0.2, 0.25) is 0 Å². The minimum absolute atomic E-state index is 0.0400. The SMILES string of the molecule is CCC1(CC)CC(C)(C)N(c2c(C(C)C)cccc2C(C)C)[C]1c1ccc(N(c2ccc(-c3ccccc3)cc2)c2ccc(-c3ccccc3)cc2)cc1. The molecule has 1 aliphatic heterocycles. The second-order valence-electron chi connectivity index (χ2n) is 16.5. The average molecular weight is 710 g/mol. The van der Waals surface area contributed by atoms with Crippen LogP contribution in [0.25, 0.3) is 22.3 Å². The van der Waals surface area contributed by atoms with Crippen molar-refractivity contribution in [1.82, 2.24) is 0 Å². The number of nitrogens with zero attached hydrogens (tertiary/aromatic N) is 2. The van der Waals surface area contributed by atoms with E-state index in [0.29, 0.717) is 11.8 Å². The van der Waals surface area contributed by atoms with Crippen molar-refractivity contribution in [1.29, 1.82) is 0 Å². The number of anilines is 4. The van der Waals surface area contributed by atoms with Gasteiger partial charge < -0.3 is 9.80 Å². The summed E-state index contributed by atoms with van der Waals surface area (Å²) in [5.41, 5.74) is 14.0. The van der Waals surface area contributed by atoms with Crippen LogP contribution < -0.4 is 9.80 Å². The van der Waals surface area contributed by atoms with Crippen LogP contribution in [0.4, 0.5) is 22.7 Å². The minimum Gasteiger partial charge on any atom is -0.353 e. The molecule has 6 aromatic carbocycles. The predicted molar refractivity (Wildman–Crippen MR) is 233 cm³/mol. The van der Waals surface area contributed by atoms with Crippen molar-refractivity contribution in [3.8, 4) is 22.3 Å². The van der Waals surface area contributed by atoms with E-state index in [1.807, 2.05) is 0 Å². The summed E-state index contributed by atoms with van der Waals surface area (Å²) in [7, 11) is 0. The lowest BCUT2D eigenvalue weighted by atomic mass is 9.71. The van der Waals surface area contributed by atoms with Crippen molar-refractivity contribution >= 4 is 22.7 Å². The fourth-order valence-corrected chi connectivity index (χ4v) is 9.07. The smallest absolute Gasteiger partial charge is 0.0994 e. The van der Waals surface area contributed by atoms with Gasteiger partial charge in [-0.05, 0) is 120 Å². The number of benzene rings is 6. The summed E-state index contributed by atoms with van der Waals surface area (Å²) < 4.78 is 0. The Kier molecular flexibility index (Phi) is 10.6. The molecule has 1 aliphatic rings. The molecule has 0 saturated carbocycles. The van der Waals surface area contributed by atoms with E-state index >= 15 is 0 Å². The summed E-state index contributed by atoms with van der Waals surface area (Å²) in [5.74, 6) is 0.845. The molecule has 1 fully saturated rings. The molecule has 0 N–H and O–H groups in total. The van der Waals surface area contributed by atoms with Crippen LogP contribution in [0.5, 0.6) is 0 Å². The molecule has 2 nitrogen and oxygen atoms in total. The first kappa shape index (κ1) is 37.2. The molecular formula is C52H57N2. The van der Waals surface area contributed by atoms with Gasteiger partial charge in [0.1, 0.15) is 0 Å². The first-order valence-electron chi connectivity index (χ1n) is 20.1. The summed E-state index contributed by atoms with van der Waals surface area (Å²) in [6.07, 6.45) is 3.34. The summed E-state index contributed by atoms with van der Waals surface area (Å²) in [5, 5.41) is 0. The Morgan fingerprint density at radius 1 is 0.481 bits per heavy atom. The van der Waals surface area contributed by atoms with Crippen LogP contribution in [0, 0.1) is 11.5 Å². The number of hydrogen-bond acceptors (Lipinski definition) is 2. The molecule has 0 amide bonds. The first-order chi connectivity index (χ1) is 26.1. The third kappa shape index (κ3) is 7.00. The monoisotopic (exact) mass is 709 g/mol. The van der Waals surface area contributed by atoms with Gasteiger partial charge in [-0.25, -0.2) is 0 Å². The maximum absolute atomic E-state index is 2.78. The molecule has 0 atom stereocenters. The van der Waals surface area contributed by atoms with Crippen molar-refractivity contribution in [2.45, 2.75) is 92.0 Å². The van der Waals surface area contributed by atoms with Gasteiger partial charge in [-0.15, -0.1) is 0 Å². The van der Waals surface area contributed by atoms with E-state index in [9.17, 15) is 0 Å². The lowest BCUT2D eigenvalue weighted by molar-refractivity contribution is 0.284. The molecule has 0 aliphatic carbocycles. The van der Waals surface area contributed by atoms with Crippen molar-refractivity contribution < 1.29 is 0 Å². The third-order valence-electron chi connectivity index (χ3n) is 11.9. The van der Waals surface area contributed by atoms with Crippen LogP contribution in [0.3, 0.4) is 0 Å². The fourth-order valence-electron chi connectivity index (χ4n) is 9.07. The topological polar surface area (TPSA) is 6.48 Å². The molecule has 7 rings (SSSR count). The molecular weight excluding hydrogens is 653 g/mol. The van der Waals surface area contributed by atoms with Crippen molar-refractivity contribution in [3.63, 3.8) is 0 Å². The van der Waals surface area contributed by atoms with Crippen molar-refractivity contribution in [2.75, 3.05) is 9.80 Å². The van der Waals surface area contributed by atoms with Gasteiger partial charge >= 0.3 is 0 Å². The van der Waals surface area contributed by atoms with Crippen LogP contribution >= 0.6 is 0 Å². The van der Waals surface area contributed by atoms with E-state index in [4.69, 9.17) is 0 Å². The quantitative estimate of drug-likeness (QED) is 0.132. The Morgan fingerprint density at radius 3 is 1.22 bits per heavy atom. The van der Waals surface area contributed by atoms with E-state index < -0.39 is 0 Å². The normalized spacial score (nSPS) is 15.3. The molecule has 0 aromatic heterocycles. The van der Waals surface area contributed by atoms with Gasteiger partial charge in [-0.2, -0.15) is 0 Å². The van der Waals surface area contributed by atoms with E-state index in [1.54, 1.807) is 0 Å². The lowest BCUT2D eigenvalue weighted by Crippen LogP contribution is -2.42. The number of hydrogen-bond donors (Lipinski definition) is 0. The largest absolute Gasteiger partial charge is 0.353 e. The van der Waals surface area contributed by atoms with Crippen LogP contribution in [-0.2, 0) is 0 Å². The highest BCUT2D eigenvalue weighted by Crippen LogP contribution is 2.60. The van der Waals surface area contributed by atoms with E-state index in [2.05, 4.69) is 217 Å². The summed E-state index contributed by atoms with van der Waals surface area (Å²) >= 11 is 0. The maximum atomic E-state index is 2.78. The molecule has 0 unspecified atom stereocenters. The molecule has 1 saturated heterocycles. The second-order valence-corrected chi connectivity index (χ2v) is 16.5. The molecule has 0 bridgehead atoms. The summed E-state index contributed by atoms with van der Waals surface area (Å²) in [4.78, 5) is 5.17. The average Bonchev–Trinajstić information content (AvgIpc) is 3.45. The zero-order valence-corrected chi connectivity index (χ0v) is 33.6. The lowest BCUT2D eigenvalue weighted by Gasteiger charge is -2.43. The number of rotatable bonds is 11. The molecule has 0 spiro atoms. The minimum atomic E-state index is -0.0400. The van der Waals surface area contributed by atoms with Gasteiger partial charge in [0.25, 0.3) is 0 Å². The maximum Gasteiger partial charge on any atom is 0.0994 e. The molecule has 275 valence electrons. The van der Waals surface area contributed by atoms with Gasteiger partial charge in [0.05, 0.1) is 6.04 Å². The highest BCUT2D eigenvalue weighted by Gasteiger charge is 2.56. The standard InChI is InChI=1S/C52H57N2/c1-9-52(10-2)36-51(7,8)54(49-47(37(3)4)22-17-23-48(49)38(5)6)50(52)43-28-34-46(35-29-43)53(44-30-24-41(25-31-44)39-18-13-11-14-19-39)45-32-26-42(27-33-45)40-20-15-12-16-21-40/h11-35,37-38H,9-10,36H2,1-8H3. The van der Waals surface area contributed by atoms with Gasteiger partial charge in [0.15, 0.2) is 0 Å². The van der Waals surface area contributed by atoms with Gasteiger partial charge in [-0.3, -0.25) is 0 Å². The van der Waals surface area contributed by atoms with Crippen molar-refractivity contribution in [2.24, 2.45) is 5.41 Å². The van der Waals surface area contributed by atoms with E-state index in [0.717, 1.165) is 36.3 Å². The second kappa shape index (κ2) is 15.3. The first-order valence-corrected chi connectivity index (χ1v) is 20.1. The van der Waals surface area contributed by atoms with Gasteiger partial charge in [-0.1, -0.05) is 157 Å². The van der Waals surface area contributed by atoms with Crippen molar-refractivity contribution in [3.05, 3.63) is 174 Å². The van der Waals surface area contributed by atoms with Crippen LogP contribution in [0.15, 0.2) is 152 Å². The van der Waals surface area contributed by atoms with E-state index in [1.165, 1.54) is 50.7 Å². The zero-order valence-electron chi connectivity index (χ0n) is 33.6.